The number of amides is 1. The Morgan fingerprint density at radius 1 is 1.09 bits per heavy atom. The summed E-state index contributed by atoms with van der Waals surface area (Å²) >= 11 is 0. The number of hydrogen-bond acceptors (Lipinski definition) is 4. The summed E-state index contributed by atoms with van der Waals surface area (Å²) in [6.07, 6.45) is 0. The van der Waals surface area contributed by atoms with Gasteiger partial charge >= 0.3 is 0 Å². The molecule has 1 aliphatic rings. The third-order valence-electron chi connectivity index (χ3n) is 3.45. The summed E-state index contributed by atoms with van der Waals surface area (Å²) in [5.74, 6) is 0.973. The number of carbonyl (C=O) groups excluding carboxylic acids is 1. The van der Waals surface area contributed by atoms with Crippen molar-refractivity contribution in [1.82, 2.24) is 4.90 Å². The van der Waals surface area contributed by atoms with E-state index >= 15 is 0 Å². The predicted molar refractivity (Wildman–Crippen MR) is 82.0 cm³/mol. The number of carbonyl (C=O) groups is 1. The van der Waals surface area contributed by atoms with Gasteiger partial charge in [-0.15, -0.1) is 0 Å². The van der Waals surface area contributed by atoms with E-state index in [0.717, 1.165) is 4.90 Å². The molecule has 1 aliphatic heterocycles. The van der Waals surface area contributed by atoms with Gasteiger partial charge in [0, 0.05) is 18.0 Å². The van der Waals surface area contributed by atoms with Crippen molar-refractivity contribution in [2.45, 2.75) is 10.6 Å². The van der Waals surface area contributed by atoms with Gasteiger partial charge in [-0.3, -0.25) is 9.00 Å². The molecule has 1 atom stereocenters. The lowest BCUT2D eigenvalue weighted by atomic mass is 10.3. The summed E-state index contributed by atoms with van der Waals surface area (Å²) in [7, 11) is -1.18. The first-order chi connectivity index (χ1) is 10.7. The average molecular weight is 319 g/mol. The number of ether oxygens (including phenoxy) is 1. The number of morpholine rings is 1. The van der Waals surface area contributed by atoms with E-state index in [9.17, 15) is 9.00 Å². The highest BCUT2D eigenvalue weighted by molar-refractivity contribution is 7.84. The van der Waals surface area contributed by atoms with E-state index in [1.54, 1.807) is 17.0 Å². The van der Waals surface area contributed by atoms with Crippen molar-refractivity contribution >= 4 is 16.7 Å². The molecular weight excluding hydrogens is 302 g/mol. The van der Waals surface area contributed by atoms with Gasteiger partial charge in [0.15, 0.2) is 5.76 Å². The number of benzene rings is 1. The van der Waals surface area contributed by atoms with Gasteiger partial charge in [-0.25, -0.2) is 0 Å². The van der Waals surface area contributed by atoms with Gasteiger partial charge in [0.1, 0.15) is 5.76 Å². The van der Waals surface area contributed by atoms with E-state index < -0.39 is 10.8 Å². The first-order valence-electron chi connectivity index (χ1n) is 7.13. The summed E-state index contributed by atoms with van der Waals surface area (Å²) in [6.45, 7) is 2.25. The topological polar surface area (TPSA) is 59.8 Å². The molecule has 2 heterocycles. The van der Waals surface area contributed by atoms with Crippen LogP contribution in [0.2, 0.25) is 0 Å². The summed E-state index contributed by atoms with van der Waals surface area (Å²) < 4.78 is 23.0. The fourth-order valence-corrected chi connectivity index (χ4v) is 3.32. The minimum Gasteiger partial charge on any atom is -0.455 e. The first-order valence-corrected chi connectivity index (χ1v) is 8.45. The van der Waals surface area contributed by atoms with Gasteiger partial charge in [0.2, 0.25) is 0 Å². The summed E-state index contributed by atoms with van der Waals surface area (Å²) in [4.78, 5) is 14.7. The van der Waals surface area contributed by atoms with Crippen molar-refractivity contribution in [2.24, 2.45) is 0 Å². The summed E-state index contributed by atoms with van der Waals surface area (Å²) in [6, 6.07) is 12.6. The second kappa shape index (κ2) is 6.89. The molecule has 1 saturated heterocycles. The van der Waals surface area contributed by atoms with Crippen molar-refractivity contribution in [2.75, 3.05) is 26.3 Å². The molecule has 2 aromatic rings. The second-order valence-electron chi connectivity index (χ2n) is 4.97. The maximum atomic E-state index is 12.3. The van der Waals surface area contributed by atoms with Crippen LogP contribution in [0.15, 0.2) is 51.8 Å². The molecule has 1 fully saturated rings. The molecule has 22 heavy (non-hydrogen) atoms. The fraction of sp³-hybridized carbons (Fsp3) is 0.312. The lowest BCUT2D eigenvalue weighted by molar-refractivity contribution is 0.0282. The molecule has 1 aromatic heterocycles. The van der Waals surface area contributed by atoms with Crippen LogP contribution in [0.4, 0.5) is 0 Å². The van der Waals surface area contributed by atoms with Gasteiger partial charge in [0.25, 0.3) is 5.91 Å². The van der Waals surface area contributed by atoms with E-state index in [-0.39, 0.29) is 11.7 Å². The van der Waals surface area contributed by atoms with Crippen LogP contribution in [-0.4, -0.2) is 41.3 Å². The van der Waals surface area contributed by atoms with E-state index in [1.807, 2.05) is 30.3 Å². The van der Waals surface area contributed by atoms with Crippen molar-refractivity contribution in [3.63, 3.8) is 0 Å². The van der Waals surface area contributed by atoms with Crippen molar-refractivity contribution in [1.29, 1.82) is 0 Å². The molecule has 116 valence electrons. The van der Waals surface area contributed by atoms with Crippen LogP contribution in [0.5, 0.6) is 0 Å². The van der Waals surface area contributed by atoms with Crippen LogP contribution in [-0.2, 0) is 21.3 Å². The van der Waals surface area contributed by atoms with Crippen LogP contribution in [0.1, 0.15) is 16.3 Å². The molecule has 5 nitrogen and oxygen atoms in total. The highest BCUT2D eigenvalue weighted by Crippen LogP contribution is 2.16. The quantitative estimate of drug-likeness (QED) is 0.865. The van der Waals surface area contributed by atoms with E-state index in [4.69, 9.17) is 9.15 Å². The Hall–Kier alpha value is -1.92. The van der Waals surface area contributed by atoms with Gasteiger partial charge in [0.05, 0.1) is 29.8 Å². The maximum absolute atomic E-state index is 12.3. The highest BCUT2D eigenvalue weighted by Gasteiger charge is 2.21. The normalized spacial score (nSPS) is 16.5. The average Bonchev–Trinajstić information content (AvgIpc) is 3.04. The third-order valence-corrected chi connectivity index (χ3v) is 4.79. The van der Waals surface area contributed by atoms with Gasteiger partial charge in [-0.05, 0) is 24.3 Å². The summed E-state index contributed by atoms with van der Waals surface area (Å²) in [5.41, 5.74) is 0. The van der Waals surface area contributed by atoms with Crippen LogP contribution in [0.25, 0.3) is 0 Å². The zero-order valence-corrected chi connectivity index (χ0v) is 12.9. The Balaban J connectivity index is 1.66. The SMILES string of the molecule is O=C(c1ccc(C[S@@](=O)c2ccccc2)o1)N1CCOCC1. The molecule has 0 N–H and O–H groups in total. The predicted octanol–water partition coefficient (Wildman–Crippen LogP) is 2.06. The number of nitrogens with zero attached hydrogens (tertiary/aromatic N) is 1. The Kier molecular flexibility index (Phi) is 4.70. The molecule has 1 amide bonds. The molecule has 0 unspecified atom stereocenters. The minimum absolute atomic E-state index is 0.139. The zero-order valence-electron chi connectivity index (χ0n) is 12.1. The van der Waals surface area contributed by atoms with Crippen molar-refractivity contribution in [3.05, 3.63) is 54.0 Å². The molecule has 0 radical (unpaired) electrons. The molecule has 0 bridgehead atoms. The molecule has 0 aliphatic carbocycles. The molecular formula is C16H17NO4S. The largest absolute Gasteiger partial charge is 0.455 e. The lowest BCUT2D eigenvalue weighted by Crippen LogP contribution is -2.40. The first kappa shape index (κ1) is 15.0. The highest BCUT2D eigenvalue weighted by atomic mass is 32.2. The number of hydrogen-bond donors (Lipinski definition) is 0. The smallest absolute Gasteiger partial charge is 0.289 e. The monoisotopic (exact) mass is 319 g/mol. The van der Waals surface area contributed by atoms with Crippen molar-refractivity contribution < 1.29 is 18.2 Å². The Morgan fingerprint density at radius 3 is 2.55 bits per heavy atom. The number of rotatable bonds is 4. The fourth-order valence-electron chi connectivity index (χ4n) is 2.28. The van der Waals surface area contributed by atoms with Crippen LogP contribution < -0.4 is 0 Å². The van der Waals surface area contributed by atoms with Gasteiger partial charge in [-0.2, -0.15) is 0 Å². The van der Waals surface area contributed by atoms with Gasteiger partial charge < -0.3 is 14.1 Å². The van der Waals surface area contributed by atoms with E-state index in [2.05, 4.69) is 0 Å². The standard InChI is InChI=1S/C16H17NO4S/c18-16(17-8-10-20-11-9-17)15-7-6-13(21-15)12-22(19)14-4-2-1-3-5-14/h1-7H,8-12H2/t22-/m1/s1. The molecule has 1 aromatic carbocycles. The van der Waals surface area contributed by atoms with Crippen LogP contribution in [0.3, 0.4) is 0 Å². The van der Waals surface area contributed by atoms with Gasteiger partial charge in [-0.1, -0.05) is 18.2 Å². The zero-order chi connectivity index (χ0) is 15.4. The summed E-state index contributed by atoms with van der Waals surface area (Å²) in [5, 5.41) is 0. The van der Waals surface area contributed by atoms with Crippen molar-refractivity contribution in [3.8, 4) is 0 Å². The van der Waals surface area contributed by atoms with E-state index in [1.165, 1.54) is 0 Å². The number of furan rings is 1. The van der Waals surface area contributed by atoms with E-state index in [0.29, 0.717) is 37.8 Å². The van der Waals surface area contributed by atoms with Crippen LogP contribution >= 0.6 is 0 Å². The molecule has 6 heteroatoms. The lowest BCUT2D eigenvalue weighted by Gasteiger charge is -2.25. The maximum Gasteiger partial charge on any atom is 0.289 e. The Labute approximate surface area is 131 Å². The molecule has 0 spiro atoms. The molecule has 0 saturated carbocycles. The Bertz CT molecular complexity index is 662. The Morgan fingerprint density at radius 2 is 1.82 bits per heavy atom. The second-order valence-corrected chi connectivity index (χ2v) is 6.42. The third kappa shape index (κ3) is 3.45. The van der Waals surface area contributed by atoms with Crippen LogP contribution in [0, 0.1) is 0 Å². The molecule has 3 rings (SSSR count). The minimum atomic E-state index is -1.18.